The molecule has 1 aromatic carbocycles. The molecule has 0 atom stereocenters. The van der Waals surface area contributed by atoms with Crippen molar-refractivity contribution in [3.05, 3.63) is 52.3 Å². The SMILES string of the molecule is Cn1cccc1C(=O)COc1c(F)cc(F)cc1Br. The van der Waals surface area contributed by atoms with Gasteiger partial charge in [-0.1, -0.05) is 0 Å². The van der Waals surface area contributed by atoms with E-state index in [-0.39, 0.29) is 22.6 Å². The Hall–Kier alpha value is -1.69. The first-order valence-electron chi connectivity index (χ1n) is 5.41. The Labute approximate surface area is 116 Å². The zero-order valence-corrected chi connectivity index (χ0v) is 11.6. The Morgan fingerprint density at radius 2 is 2.16 bits per heavy atom. The van der Waals surface area contributed by atoms with E-state index >= 15 is 0 Å². The van der Waals surface area contributed by atoms with E-state index in [1.54, 1.807) is 29.9 Å². The fourth-order valence-corrected chi connectivity index (χ4v) is 2.15. The van der Waals surface area contributed by atoms with Crippen LogP contribution in [-0.2, 0) is 7.05 Å². The van der Waals surface area contributed by atoms with Gasteiger partial charge in [-0.05, 0) is 34.1 Å². The first-order chi connectivity index (χ1) is 8.99. The number of aromatic nitrogens is 1. The highest BCUT2D eigenvalue weighted by Gasteiger charge is 2.15. The zero-order chi connectivity index (χ0) is 14.0. The van der Waals surface area contributed by atoms with Crippen LogP contribution >= 0.6 is 15.9 Å². The lowest BCUT2D eigenvalue weighted by Gasteiger charge is -2.09. The van der Waals surface area contributed by atoms with Crippen molar-refractivity contribution < 1.29 is 18.3 Å². The number of carbonyl (C=O) groups is 1. The summed E-state index contributed by atoms with van der Waals surface area (Å²) in [5, 5.41) is 0. The van der Waals surface area contributed by atoms with E-state index < -0.39 is 11.6 Å². The Bertz CT molecular complexity index is 602. The van der Waals surface area contributed by atoms with Crippen molar-refractivity contribution in [2.75, 3.05) is 6.61 Å². The number of halogens is 3. The summed E-state index contributed by atoms with van der Waals surface area (Å²) in [6.45, 7) is -0.320. The predicted octanol–water partition coefficient (Wildman–Crippen LogP) is 3.33. The lowest BCUT2D eigenvalue weighted by atomic mass is 10.3. The van der Waals surface area contributed by atoms with Crippen LogP contribution in [0, 0.1) is 11.6 Å². The number of hydrogen-bond acceptors (Lipinski definition) is 2. The summed E-state index contributed by atoms with van der Waals surface area (Å²) in [6.07, 6.45) is 1.72. The average Bonchev–Trinajstić information content (AvgIpc) is 2.73. The van der Waals surface area contributed by atoms with Crippen LogP contribution in [0.1, 0.15) is 10.5 Å². The number of benzene rings is 1. The summed E-state index contributed by atoms with van der Waals surface area (Å²) < 4.78 is 33.2. The molecule has 2 aromatic rings. The van der Waals surface area contributed by atoms with E-state index in [1.165, 1.54) is 0 Å². The quantitative estimate of drug-likeness (QED) is 0.806. The Kier molecular flexibility index (Phi) is 3.99. The Morgan fingerprint density at radius 1 is 1.42 bits per heavy atom. The molecule has 19 heavy (non-hydrogen) atoms. The molecule has 3 nitrogen and oxygen atoms in total. The smallest absolute Gasteiger partial charge is 0.216 e. The van der Waals surface area contributed by atoms with Crippen LogP contribution in [0.3, 0.4) is 0 Å². The second-order valence-corrected chi connectivity index (χ2v) is 4.77. The number of nitrogens with zero attached hydrogens (tertiary/aromatic N) is 1. The van der Waals surface area contributed by atoms with Gasteiger partial charge in [0.05, 0.1) is 10.2 Å². The molecule has 1 heterocycles. The highest BCUT2D eigenvalue weighted by Crippen LogP contribution is 2.29. The molecule has 0 spiro atoms. The van der Waals surface area contributed by atoms with Crippen LogP contribution in [0.15, 0.2) is 34.9 Å². The van der Waals surface area contributed by atoms with Gasteiger partial charge in [0.2, 0.25) is 5.78 Å². The van der Waals surface area contributed by atoms with E-state index in [1.807, 2.05) is 0 Å². The van der Waals surface area contributed by atoms with Crippen molar-refractivity contribution in [1.82, 2.24) is 4.57 Å². The number of carbonyl (C=O) groups excluding carboxylic acids is 1. The van der Waals surface area contributed by atoms with E-state index in [2.05, 4.69) is 15.9 Å². The van der Waals surface area contributed by atoms with Crippen LogP contribution in [0.2, 0.25) is 0 Å². The molecule has 100 valence electrons. The number of ether oxygens (including phenoxy) is 1. The molecule has 0 radical (unpaired) electrons. The van der Waals surface area contributed by atoms with Crippen molar-refractivity contribution in [2.45, 2.75) is 0 Å². The molecule has 0 saturated carbocycles. The third kappa shape index (κ3) is 3.01. The molecular formula is C13H10BrF2NO2. The molecule has 0 aliphatic heterocycles. The molecule has 0 bridgehead atoms. The molecule has 0 N–H and O–H groups in total. The van der Waals surface area contributed by atoms with Gasteiger partial charge in [0.1, 0.15) is 5.82 Å². The van der Waals surface area contributed by atoms with Gasteiger partial charge in [0.15, 0.2) is 18.2 Å². The first kappa shape index (κ1) is 13.7. The summed E-state index contributed by atoms with van der Waals surface area (Å²) in [4.78, 5) is 11.8. The lowest BCUT2D eigenvalue weighted by Crippen LogP contribution is -2.15. The van der Waals surface area contributed by atoms with Gasteiger partial charge >= 0.3 is 0 Å². The number of ketones is 1. The predicted molar refractivity (Wildman–Crippen MR) is 69.3 cm³/mol. The van der Waals surface area contributed by atoms with Crippen molar-refractivity contribution in [3.8, 4) is 5.75 Å². The van der Waals surface area contributed by atoms with E-state index in [0.717, 1.165) is 6.07 Å². The number of aryl methyl sites for hydroxylation is 1. The van der Waals surface area contributed by atoms with Crippen molar-refractivity contribution in [2.24, 2.45) is 7.05 Å². The van der Waals surface area contributed by atoms with Gasteiger partial charge in [-0.15, -0.1) is 0 Å². The zero-order valence-electron chi connectivity index (χ0n) is 9.99. The summed E-state index contributed by atoms with van der Waals surface area (Å²) in [7, 11) is 1.72. The second kappa shape index (κ2) is 5.52. The average molecular weight is 330 g/mol. The van der Waals surface area contributed by atoms with Gasteiger partial charge in [-0.25, -0.2) is 8.78 Å². The minimum Gasteiger partial charge on any atom is -0.481 e. The van der Waals surface area contributed by atoms with E-state index in [4.69, 9.17) is 4.74 Å². The fraction of sp³-hybridized carbons (Fsp3) is 0.154. The molecule has 0 amide bonds. The second-order valence-electron chi connectivity index (χ2n) is 3.91. The van der Waals surface area contributed by atoms with Gasteiger partial charge in [0.25, 0.3) is 0 Å². The Morgan fingerprint density at radius 3 is 2.74 bits per heavy atom. The molecule has 0 aliphatic carbocycles. The standard InChI is InChI=1S/C13H10BrF2NO2/c1-17-4-2-3-11(17)12(18)7-19-13-9(14)5-8(15)6-10(13)16/h2-6H,7H2,1H3. The highest BCUT2D eigenvalue weighted by atomic mass is 79.9. The van der Waals surface area contributed by atoms with Crippen molar-refractivity contribution in [3.63, 3.8) is 0 Å². The van der Waals surface area contributed by atoms with E-state index in [9.17, 15) is 13.6 Å². The van der Waals surface area contributed by atoms with E-state index in [0.29, 0.717) is 11.8 Å². The van der Waals surface area contributed by atoms with Crippen LogP contribution in [0.25, 0.3) is 0 Å². The van der Waals surface area contributed by atoms with Crippen LogP contribution in [-0.4, -0.2) is 17.0 Å². The fourth-order valence-electron chi connectivity index (χ4n) is 1.63. The molecule has 0 aliphatic rings. The third-order valence-electron chi connectivity index (χ3n) is 2.54. The molecule has 6 heteroatoms. The molecule has 0 fully saturated rings. The largest absolute Gasteiger partial charge is 0.481 e. The first-order valence-corrected chi connectivity index (χ1v) is 6.20. The topological polar surface area (TPSA) is 31.2 Å². The lowest BCUT2D eigenvalue weighted by molar-refractivity contribution is 0.0910. The van der Waals surface area contributed by atoms with Crippen LogP contribution < -0.4 is 4.74 Å². The Balaban J connectivity index is 2.12. The third-order valence-corrected chi connectivity index (χ3v) is 3.13. The summed E-state index contributed by atoms with van der Waals surface area (Å²) >= 11 is 2.99. The van der Waals surface area contributed by atoms with Crippen LogP contribution in [0.5, 0.6) is 5.75 Å². The highest BCUT2D eigenvalue weighted by molar-refractivity contribution is 9.10. The maximum Gasteiger partial charge on any atom is 0.216 e. The molecule has 2 rings (SSSR count). The molecule has 0 saturated heterocycles. The summed E-state index contributed by atoms with van der Waals surface area (Å²) in [5.74, 6) is -2.04. The van der Waals surface area contributed by atoms with Crippen molar-refractivity contribution in [1.29, 1.82) is 0 Å². The van der Waals surface area contributed by atoms with Crippen LogP contribution in [0.4, 0.5) is 8.78 Å². The monoisotopic (exact) mass is 329 g/mol. The molecular weight excluding hydrogens is 320 g/mol. The number of rotatable bonds is 4. The summed E-state index contributed by atoms with van der Waals surface area (Å²) in [6, 6.07) is 5.14. The molecule has 1 aromatic heterocycles. The van der Waals surface area contributed by atoms with Crippen molar-refractivity contribution >= 4 is 21.7 Å². The maximum atomic E-state index is 13.5. The normalized spacial score (nSPS) is 10.5. The maximum absolute atomic E-state index is 13.5. The summed E-state index contributed by atoms with van der Waals surface area (Å²) in [5.41, 5.74) is 0.457. The number of hydrogen-bond donors (Lipinski definition) is 0. The van der Waals surface area contributed by atoms with Gasteiger partial charge in [-0.2, -0.15) is 0 Å². The molecule has 0 unspecified atom stereocenters. The van der Waals surface area contributed by atoms with Gasteiger partial charge < -0.3 is 9.30 Å². The van der Waals surface area contributed by atoms with Gasteiger partial charge in [0, 0.05) is 19.3 Å². The minimum absolute atomic E-state index is 0.129. The van der Waals surface area contributed by atoms with Gasteiger partial charge in [-0.3, -0.25) is 4.79 Å². The number of Topliss-reactive ketones (excluding diaryl/α,β-unsaturated/α-hetero) is 1. The minimum atomic E-state index is -0.855.